The van der Waals surface area contributed by atoms with Gasteiger partial charge in [-0.3, -0.25) is 19.7 Å². The number of amides is 2. The molecule has 2 aromatic rings. The van der Waals surface area contributed by atoms with Crippen LogP contribution in [0.1, 0.15) is 11.1 Å². The van der Waals surface area contributed by atoms with Crippen LogP contribution in [0, 0.1) is 28.4 Å². The molecule has 0 saturated carbocycles. The summed E-state index contributed by atoms with van der Waals surface area (Å²) in [6.07, 6.45) is 0. The lowest BCUT2D eigenvalue weighted by Crippen LogP contribution is -2.35. The maximum Gasteiger partial charge on any atom is 0.311 e. The van der Waals surface area contributed by atoms with E-state index in [1.165, 1.54) is 20.0 Å². The predicted octanol–water partition coefficient (Wildman–Crippen LogP) is 2.50. The number of benzene rings is 2. The summed E-state index contributed by atoms with van der Waals surface area (Å²) in [5.74, 6) is -2.86. The number of aromatic hydroxyl groups is 1. The zero-order chi connectivity index (χ0) is 22.4. The molecule has 0 saturated heterocycles. The summed E-state index contributed by atoms with van der Waals surface area (Å²) in [6.45, 7) is 0.966. The fourth-order valence-corrected chi connectivity index (χ4v) is 2.58. The van der Waals surface area contributed by atoms with Crippen molar-refractivity contribution in [3.8, 4) is 11.8 Å². The summed E-state index contributed by atoms with van der Waals surface area (Å²) in [4.78, 5) is 35.8. The molecule has 0 aliphatic heterocycles. The minimum Gasteiger partial charge on any atom is -0.506 e. The van der Waals surface area contributed by atoms with Crippen molar-refractivity contribution in [2.24, 2.45) is 0 Å². The Hall–Kier alpha value is -4.39. The van der Waals surface area contributed by atoms with E-state index >= 15 is 0 Å². The van der Waals surface area contributed by atoms with E-state index in [0.29, 0.717) is 5.69 Å². The third-order valence-electron chi connectivity index (χ3n) is 4.10. The van der Waals surface area contributed by atoms with Gasteiger partial charge in [-0.25, -0.2) is 0 Å². The van der Waals surface area contributed by atoms with Crippen LogP contribution >= 0.6 is 0 Å². The van der Waals surface area contributed by atoms with Crippen molar-refractivity contribution in [2.45, 2.75) is 6.92 Å². The number of hydrogen-bond acceptors (Lipinski definition) is 7. The second-order valence-electron chi connectivity index (χ2n) is 6.33. The van der Waals surface area contributed by atoms with Gasteiger partial charge in [0, 0.05) is 24.4 Å². The van der Waals surface area contributed by atoms with Crippen LogP contribution in [0.5, 0.6) is 5.75 Å². The highest BCUT2D eigenvalue weighted by molar-refractivity contribution is 6.05. The topological polar surface area (TPSA) is 157 Å². The smallest absolute Gasteiger partial charge is 0.311 e. The van der Waals surface area contributed by atoms with E-state index < -0.39 is 46.1 Å². The van der Waals surface area contributed by atoms with Crippen molar-refractivity contribution in [2.75, 3.05) is 18.9 Å². The number of anilines is 1. The first-order valence-corrected chi connectivity index (χ1v) is 8.57. The number of para-hydroxylation sites is 1. The average Bonchev–Trinajstić information content (AvgIpc) is 2.70. The van der Waals surface area contributed by atoms with Gasteiger partial charge in [0.15, 0.2) is 11.3 Å². The number of hydrogen-bond donors (Lipinski definition) is 3. The zero-order valence-electron chi connectivity index (χ0n) is 16.1. The Labute approximate surface area is 171 Å². The van der Waals surface area contributed by atoms with Gasteiger partial charge in [-0.1, -0.05) is 18.2 Å². The van der Waals surface area contributed by atoms with E-state index in [1.807, 2.05) is 0 Å². The molecule has 0 aliphatic rings. The predicted molar refractivity (Wildman–Crippen MR) is 107 cm³/mol. The molecule has 10 heteroatoms. The van der Waals surface area contributed by atoms with E-state index in [9.17, 15) is 35.2 Å². The second-order valence-corrected chi connectivity index (χ2v) is 6.33. The van der Waals surface area contributed by atoms with Gasteiger partial charge in [0.1, 0.15) is 11.8 Å². The number of nitriles is 1. The van der Waals surface area contributed by atoms with Crippen molar-refractivity contribution in [1.82, 2.24) is 4.90 Å². The molecule has 0 atom stereocenters. The SMILES string of the molecule is Cc1cc(/C(O)=C(\C#N)C(=O)N(C)CC(=O)Nc2ccccc2)cc([N+](=O)[O-])c1O. The second kappa shape index (κ2) is 9.20. The molecule has 0 spiro atoms. The lowest BCUT2D eigenvalue weighted by atomic mass is 10.0. The van der Waals surface area contributed by atoms with Gasteiger partial charge < -0.3 is 20.4 Å². The number of nitro groups is 1. The lowest BCUT2D eigenvalue weighted by Gasteiger charge is -2.17. The first-order chi connectivity index (χ1) is 14.1. The van der Waals surface area contributed by atoms with Crippen LogP contribution in [0.15, 0.2) is 48.0 Å². The third kappa shape index (κ3) is 4.90. The molecule has 2 rings (SSSR count). The number of nitro benzene ring substituents is 1. The number of aryl methyl sites for hydroxylation is 1. The standard InChI is InChI=1S/C20H18N4O6/c1-12-8-13(9-16(18(12)26)24(29)30)19(27)15(10-21)20(28)23(2)11-17(25)22-14-6-4-3-5-7-14/h3-9,26-27H,11H2,1-2H3,(H,22,25)/b19-15-. The molecule has 0 fully saturated rings. The average molecular weight is 410 g/mol. The first-order valence-electron chi connectivity index (χ1n) is 8.57. The van der Waals surface area contributed by atoms with Crippen LogP contribution in [-0.2, 0) is 9.59 Å². The quantitative estimate of drug-likeness (QED) is 0.217. The van der Waals surface area contributed by atoms with Gasteiger partial charge in [0.25, 0.3) is 5.91 Å². The molecule has 3 N–H and O–H groups in total. The summed E-state index contributed by atoms with van der Waals surface area (Å²) in [6, 6.07) is 12.1. The summed E-state index contributed by atoms with van der Waals surface area (Å²) >= 11 is 0. The van der Waals surface area contributed by atoms with Crippen LogP contribution in [0.2, 0.25) is 0 Å². The summed E-state index contributed by atoms with van der Waals surface area (Å²) in [5, 5.41) is 43.2. The third-order valence-corrected chi connectivity index (χ3v) is 4.10. The largest absolute Gasteiger partial charge is 0.506 e. The van der Waals surface area contributed by atoms with Gasteiger partial charge in [-0.15, -0.1) is 0 Å². The Bertz CT molecular complexity index is 1070. The van der Waals surface area contributed by atoms with Gasteiger partial charge >= 0.3 is 5.69 Å². The Kier molecular flexibility index (Phi) is 6.72. The van der Waals surface area contributed by atoms with E-state index in [2.05, 4.69) is 5.32 Å². The summed E-state index contributed by atoms with van der Waals surface area (Å²) in [7, 11) is 1.27. The molecule has 0 radical (unpaired) electrons. The molecular weight excluding hydrogens is 392 g/mol. The molecule has 2 amide bonds. The maximum atomic E-state index is 12.6. The molecule has 30 heavy (non-hydrogen) atoms. The monoisotopic (exact) mass is 410 g/mol. The molecule has 154 valence electrons. The Morgan fingerprint density at radius 2 is 1.90 bits per heavy atom. The van der Waals surface area contributed by atoms with Gasteiger partial charge in [0.05, 0.1) is 11.5 Å². The van der Waals surface area contributed by atoms with Crippen LogP contribution < -0.4 is 5.32 Å². The van der Waals surface area contributed by atoms with Crippen LogP contribution in [0.4, 0.5) is 11.4 Å². The highest BCUT2D eigenvalue weighted by Crippen LogP contribution is 2.33. The van der Waals surface area contributed by atoms with E-state index in [-0.39, 0.29) is 11.1 Å². The van der Waals surface area contributed by atoms with Crippen LogP contribution in [0.3, 0.4) is 0 Å². The number of carbonyl (C=O) groups is 2. The summed E-state index contributed by atoms with van der Waals surface area (Å²) in [5.41, 5.74) is -0.981. The van der Waals surface area contributed by atoms with Crippen molar-refractivity contribution < 1.29 is 24.7 Å². The van der Waals surface area contributed by atoms with Crippen molar-refractivity contribution >= 4 is 28.9 Å². The van der Waals surface area contributed by atoms with Crippen LogP contribution in [-0.4, -0.2) is 45.4 Å². The number of aliphatic hydroxyl groups is 1. The Morgan fingerprint density at radius 3 is 2.47 bits per heavy atom. The Balaban J connectivity index is 2.28. The summed E-state index contributed by atoms with van der Waals surface area (Å²) < 4.78 is 0. The molecule has 0 aromatic heterocycles. The minimum absolute atomic E-state index is 0.0751. The molecule has 0 bridgehead atoms. The van der Waals surface area contributed by atoms with Crippen molar-refractivity contribution in [3.05, 3.63) is 69.3 Å². The number of aliphatic hydroxyl groups excluding tert-OH is 1. The molecule has 0 aliphatic carbocycles. The molecule has 0 heterocycles. The normalized spacial score (nSPS) is 11.1. The van der Waals surface area contributed by atoms with E-state index in [4.69, 9.17) is 0 Å². The van der Waals surface area contributed by atoms with Crippen molar-refractivity contribution in [1.29, 1.82) is 5.26 Å². The van der Waals surface area contributed by atoms with Crippen molar-refractivity contribution in [3.63, 3.8) is 0 Å². The first kappa shape index (κ1) is 21.9. The molecule has 2 aromatic carbocycles. The number of phenols is 1. The lowest BCUT2D eigenvalue weighted by molar-refractivity contribution is -0.385. The Morgan fingerprint density at radius 1 is 1.27 bits per heavy atom. The maximum absolute atomic E-state index is 12.6. The zero-order valence-corrected chi connectivity index (χ0v) is 16.1. The van der Waals surface area contributed by atoms with E-state index in [0.717, 1.165) is 11.0 Å². The van der Waals surface area contributed by atoms with Gasteiger partial charge in [-0.2, -0.15) is 5.26 Å². The molecule has 0 unspecified atom stereocenters. The number of nitrogens with zero attached hydrogens (tertiary/aromatic N) is 3. The van der Waals surface area contributed by atoms with Gasteiger partial charge in [-0.05, 0) is 30.7 Å². The van der Waals surface area contributed by atoms with Crippen LogP contribution in [0.25, 0.3) is 5.76 Å². The molecule has 10 nitrogen and oxygen atoms in total. The number of rotatable bonds is 6. The van der Waals surface area contributed by atoms with E-state index in [1.54, 1.807) is 36.4 Å². The number of carbonyl (C=O) groups excluding carboxylic acids is 2. The minimum atomic E-state index is -0.952. The number of nitrogens with one attached hydrogen (secondary N) is 1. The fraction of sp³-hybridized carbons (Fsp3) is 0.150. The number of phenolic OH excluding ortho intramolecular Hbond substituents is 1. The molecular formula is C20H18N4O6. The highest BCUT2D eigenvalue weighted by atomic mass is 16.6. The fourth-order valence-electron chi connectivity index (χ4n) is 2.58. The van der Waals surface area contributed by atoms with Gasteiger partial charge in [0.2, 0.25) is 5.91 Å². The highest BCUT2D eigenvalue weighted by Gasteiger charge is 2.25. The number of likely N-dealkylation sites (N-methyl/N-ethyl adjacent to an activating group) is 1.